The molecule has 9 heteroatoms. The number of amides is 1. The van der Waals surface area contributed by atoms with Crippen LogP contribution in [0.15, 0.2) is 76.2 Å². The number of sulfone groups is 1. The number of carbonyl (C=O) groups is 1. The lowest BCUT2D eigenvalue weighted by molar-refractivity contribution is -0.118. The number of thiazole rings is 1. The number of furan rings is 1. The van der Waals surface area contributed by atoms with Crippen LogP contribution >= 0.6 is 11.3 Å². The summed E-state index contributed by atoms with van der Waals surface area (Å²) in [6.45, 7) is 0.0967. The second kappa shape index (κ2) is 8.37. The molecule has 0 fully saturated rings. The highest BCUT2D eigenvalue weighted by Gasteiger charge is 2.24. The summed E-state index contributed by atoms with van der Waals surface area (Å²) < 4.78 is 44.6. The van der Waals surface area contributed by atoms with Crippen molar-refractivity contribution in [2.75, 3.05) is 10.7 Å². The van der Waals surface area contributed by atoms with Crippen molar-refractivity contribution in [1.29, 1.82) is 0 Å². The molecule has 0 saturated heterocycles. The minimum Gasteiger partial charge on any atom is -0.467 e. The molecule has 0 unspecified atom stereocenters. The second-order valence-electron chi connectivity index (χ2n) is 6.55. The highest BCUT2D eigenvalue weighted by atomic mass is 32.2. The van der Waals surface area contributed by atoms with Crippen molar-refractivity contribution >= 4 is 42.4 Å². The number of hydrogen-bond acceptors (Lipinski definition) is 6. The molecule has 6 nitrogen and oxygen atoms in total. The number of carbonyl (C=O) groups excluding carboxylic acids is 1. The summed E-state index contributed by atoms with van der Waals surface area (Å²) in [5.74, 6) is -0.606. The summed E-state index contributed by atoms with van der Waals surface area (Å²) in [5.41, 5.74) is 0.561. The molecule has 2 aromatic carbocycles. The Balaban J connectivity index is 1.59. The Kier molecular flexibility index (Phi) is 5.65. The fourth-order valence-corrected chi connectivity index (χ4v) is 5.18. The zero-order chi connectivity index (χ0) is 21.1. The van der Waals surface area contributed by atoms with Crippen LogP contribution in [-0.4, -0.2) is 25.1 Å². The van der Waals surface area contributed by atoms with Crippen molar-refractivity contribution in [2.24, 2.45) is 0 Å². The van der Waals surface area contributed by atoms with Crippen molar-refractivity contribution < 1.29 is 22.0 Å². The van der Waals surface area contributed by atoms with E-state index in [4.69, 9.17) is 4.42 Å². The average Bonchev–Trinajstić information content (AvgIpc) is 3.40. The molecule has 0 aliphatic rings. The van der Waals surface area contributed by atoms with Crippen molar-refractivity contribution in [3.05, 3.63) is 78.5 Å². The van der Waals surface area contributed by atoms with Gasteiger partial charge in [-0.1, -0.05) is 29.5 Å². The van der Waals surface area contributed by atoms with E-state index in [-0.39, 0.29) is 23.6 Å². The average molecular weight is 445 g/mol. The Morgan fingerprint density at radius 3 is 2.63 bits per heavy atom. The van der Waals surface area contributed by atoms with Crippen molar-refractivity contribution in [3.63, 3.8) is 0 Å². The molecule has 0 aliphatic carbocycles. The second-order valence-corrected chi connectivity index (χ2v) is 9.67. The third kappa shape index (κ3) is 4.42. The predicted molar refractivity (Wildman–Crippen MR) is 113 cm³/mol. The highest BCUT2D eigenvalue weighted by molar-refractivity contribution is 7.91. The molecule has 1 amide bonds. The number of halogens is 1. The fourth-order valence-electron chi connectivity index (χ4n) is 2.92. The maximum atomic E-state index is 13.5. The maximum absolute atomic E-state index is 13.5. The van der Waals surface area contributed by atoms with E-state index in [9.17, 15) is 17.6 Å². The molecule has 30 heavy (non-hydrogen) atoms. The van der Waals surface area contributed by atoms with E-state index in [2.05, 4.69) is 4.98 Å². The number of hydrogen-bond donors (Lipinski definition) is 0. The van der Waals surface area contributed by atoms with Gasteiger partial charge in [-0.15, -0.1) is 0 Å². The van der Waals surface area contributed by atoms with Gasteiger partial charge >= 0.3 is 0 Å². The first-order valence-electron chi connectivity index (χ1n) is 9.09. The molecule has 0 radical (unpaired) electrons. The lowest BCUT2D eigenvalue weighted by atomic mass is 10.3. The molecule has 0 atom stereocenters. The minimum atomic E-state index is -3.60. The van der Waals surface area contributed by atoms with Gasteiger partial charge in [0.25, 0.3) is 0 Å². The molecule has 2 aromatic heterocycles. The van der Waals surface area contributed by atoms with Crippen LogP contribution in [0, 0.1) is 5.82 Å². The van der Waals surface area contributed by atoms with Gasteiger partial charge in [-0.3, -0.25) is 9.69 Å². The highest BCUT2D eigenvalue weighted by Crippen LogP contribution is 2.31. The van der Waals surface area contributed by atoms with Crippen LogP contribution in [0.1, 0.15) is 12.2 Å². The van der Waals surface area contributed by atoms with E-state index in [1.165, 1.54) is 35.4 Å². The van der Waals surface area contributed by atoms with E-state index in [0.717, 1.165) is 11.3 Å². The lowest BCUT2D eigenvalue weighted by Crippen LogP contribution is -2.31. The first-order valence-corrected chi connectivity index (χ1v) is 11.6. The fraction of sp³-hybridized carbons (Fsp3) is 0.143. The third-order valence-electron chi connectivity index (χ3n) is 4.45. The Morgan fingerprint density at radius 1 is 1.10 bits per heavy atom. The molecule has 0 spiro atoms. The standard InChI is InChI=1S/C21H17FN2O4S2/c22-15-8-9-18-19(13-15)29-21(23-18)24(14-16-5-4-11-28-16)20(25)10-12-30(26,27)17-6-2-1-3-7-17/h1-9,11,13H,10,12,14H2. The van der Waals surface area contributed by atoms with E-state index < -0.39 is 21.6 Å². The SMILES string of the molecule is O=C(CCS(=O)(=O)c1ccccc1)N(Cc1ccco1)c1nc2ccc(F)cc2s1. The summed E-state index contributed by atoms with van der Waals surface area (Å²) in [7, 11) is -3.60. The van der Waals surface area contributed by atoms with Gasteiger partial charge in [-0.2, -0.15) is 0 Å². The van der Waals surface area contributed by atoms with E-state index in [0.29, 0.717) is 21.1 Å². The Labute approximate surface area is 176 Å². The minimum absolute atomic E-state index is 0.0967. The van der Waals surface area contributed by atoms with Gasteiger partial charge in [-0.25, -0.2) is 17.8 Å². The van der Waals surface area contributed by atoms with Crippen LogP contribution < -0.4 is 4.90 Å². The molecule has 0 N–H and O–H groups in total. The molecule has 4 rings (SSSR count). The van der Waals surface area contributed by atoms with Crippen LogP contribution in [0.2, 0.25) is 0 Å². The van der Waals surface area contributed by atoms with Gasteiger partial charge in [-0.05, 0) is 42.5 Å². The number of rotatable bonds is 7. The van der Waals surface area contributed by atoms with Crippen LogP contribution in [-0.2, 0) is 21.2 Å². The normalized spacial score (nSPS) is 11.6. The van der Waals surface area contributed by atoms with Crippen LogP contribution in [0.5, 0.6) is 0 Å². The Bertz CT molecular complexity index is 1270. The zero-order valence-corrected chi connectivity index (χ0v) is 17.3. The van der Waals surface area contributed by atoms with Crippen LogP contribution in [0.4, 0.5) is 9.52 Å². The molecule has 154 valence electrons. The number of fused-ring (bicyclic) bond motifs is 1. The third-order valence-corrected chi connectivity index (χ3v) is 7.23. The summed E-state index contributed by atoms with van der Waals surface area (Å²) in [4.78, 5) is 19.0. The van der Waals surface area contributed by atoms with E-state index >= 15 is 0 Å². The maximum Gasteiger partial charge on any atom is 0.230 e. The van der Waals surface area contributed by atoms with Crippen LogP contribution in [0.3, 0.4) is 0 Å². The predicted octanol–water partition coefficient (Wildman–Crippen LogP) is 4.43. The van der Waals surface area contributed by atoms with Gasteiger partial charge in [0.1, 0.15) is 11.6 Å². The molecule has 0 aliphatic heterocycles. The van der Waals surface area contributed by atoms with Gasteiger partial charge in [0.05, 0.1) is 33.7 Å². The molecule has 0 bridgehead atoms. The molecule has 0 saturated carbocycles. The van der Waals surface area contributed by atoms with Gasteiger partial charge in [0, 0.05) is 6.42 Å². The lowest BCUT2D eigenvalue weighted by Gasteiger charge is -2.18. The molecule has 4 aromatic rings. The smallest absolute Gasteiger partial charge is 0.230 e. The van der Waals surface area contributed by atoms with Crippen molar-refractivity contribution in [1.82, 2.24) is 4.98 Å². The molecular formula is C21H17FN2O4S2. The van der Waals surface area contributed by atoms with E-state index in [1.807, 2.05) is 0 Å². The van der Waals surface area contributed by atoms with Gasteiger partial charge in [0.2, 0.25) is 5.91 Å². The number of aromatic nitrogens is 1. The first-order chi connectivity index (χ1) is 14.4. The number of benzene rings is 2. The molecular weight excluding hydrogens is 427 g/mol. The summed E-state index contributed by atoms with van der Waals surface area (Å²) in [5, 5.41) is 0.356. The quantitative estimate of drug-likeness (QED) is 0.421. The topological polar surface area (TPSA) is 80.5 Å². The summed E-state index contributed by atoms with van der Waals surface area (Å²) in [6.07, 6.45) is 1.27. The van der Waals surface area contributed by atoms with Gasteiger partial charge in [0.15, 0.2) is 15.0 Å². The number of anilines is 1. The zero-order valence-electron chi connectivity index (χ0n) is 15.7. The Morgan fingerprint density at radius 2 is 1.90 bits per heavy atom. The van der Waals surface area contributed by atoms with E-state index in [1.54, 1.807) is 36.4 Å². The molecule has 2 heterocycles. The van der Waals surface area contributed by atoms with Crippen molar-refractivity contribution in [2.45, 2.75) is 17.9 Å². The number of nitrogens with zero attached hydrogens (tertiary/aromatic N) is 2. The van der Waals surface area contributed by atoms with Crippen molar-refractivity contribution in [3.8, 4) is 0 Å². The summed E-state index contributed by atoms with van der Waals surface area (Å²) in [6, 6.07) is 15.6. The first kappa shape index (κ1) is 20.2. The summed E-state index contributed by atoms with van der Waals surface area (Å²) >= 11 is 1.16. The largest absolute Gasteiger partial charge is 0.467 e. The monoisotopic (exact) mass is 444 g/mol. The van der Waals surface area contributed by atoms with Gasteiger partial charge < -0.3 is 4.42 Å². The Hall–Kier alpha value is -3.04. The van der Waals surface area contributed by atoms with Crippen LogP contribution in [0.25, 0.3) is 10.2 Å².